The van der Waals surface area contributed by atoms with Gasteiger partial charge in [-0.3, -0.25) is 14.4 Å². The fraction of sp³-hybridized carbons (Fsp3) is 0.318. The molecule has 2 heterocycles. The summed E-state index contributed by atoms with van der Waals surface area (Å²) >= 11 is 4.88. The standard InChI is InChI=1S/C22H21IN2O5S2/c1-30-14-8-6-13(7-9-14)10-17(26)24-18-19(27)25-11-22(21(28)29,12-31-20(18)25)32-16-5-3-2-4-15(16)23/h2-9,18,20H,10-12H2,1H3,(H,24,26)(H,28,29)/t18-,20-,22?/m1/s1. The highest BCUT2D eigenvalue weighted by molar-refractivity contribution is 14.1. The van der Waals surface area contributed by atoms with E-state index in [1.54, 1.807) is 24.1 Å². The number of benzene rings is 2. The van der Waals surface area contributed by atoms with Crippen LogP contribution < -0.4 is 10.1 Å². The van der Waals surface area contributed by atoms with Crippen molar-refractivity contribution in [1.29, 1.82) is 0 Å². The summed E-state index contributed by atoms with van der Waals surface area (Å²) in [6, 6.07) is 14.2. The summed E-state index contributed by atoms with van der Waals surface area (Å²) < 4.78 is 4.96. The van der Waals surface area contributed by atoms with Gasteiger partial charge >= 0.3 is 5.97 Å². The average molecular weight is 584 g/mol. The molecular weight excluding hydrogens is 563 g/mol. The van der Waals surface area contributed by atoms with Crippen LogP contribution in [0.15, 0.2) is 53.4 Å². The summed E-state index contributed by atoms with van der Waals surface area (Å²) in [7, 11) is 1.58. The highest BCUT2D eigenvalue weighted by Crippen LogP contribution is 2.47. The predicted octanol–water partition coefficient (Wildman–Crippen LogP) is 2.86. The average Bonchev–Trinajstić information content (AvgIpc) is 2.79. The van der Waals surface area contributed by atoms with Gasteiger partial charge in [0.1, 0.15) is 21.9 Å². The number of carboxylic acids is 1. The molecule has 2 aliphatic heterocycles. The van der Waals surface area contributed by atoms with Crippen molar-refractivity contribution in [2.45, 2.75) is 27.5 Å². The van der Waals surface area contributed by atoms with E-state index in [1.165, 1.54) is 23.5 Å². The number of amides is 2. The number of rotatable bonds is 7. The summed E-state index contributed by atoms with van der Waals surface area (Å²) in [6.45, 7) is 0.110. The third-order valence-electron chi connectivity index (χ3n) is 5.43. The number of methoxy groups -OCH3 is 1. The van der Waals surface area contributed by atoms with Crippen LogP contribution in [-0.4, -0.2) is 63.4 Å². The molecule has 168 valence electrons. The van der Waals surface area contributed by atoms with Crippen molar-refractivity contribution < 1.29 is 24.2 Å². The summed E-state index contributed by atoms with van der Waals surface area (Å²) in [6.07, 6.45) is 0.159. The molecule has 10 heteroatoms. The maximum absolute atomic E-state index is 12.8. The Morgan fingerprint density at radius 1 is 1.28 bits per heavy atom. The Morgan fingerprint density at radius 2 is 2.00 bits per heavy atom. The molecule has 2 saturated heterocycles. The molecule has 3 atom stereocenters. The number of ether oxygens (including phenoxy) is 1. The zero-order valence-electron chi connectivity index (χ0n) is 17.1. The molecule has 32 heavy (non-hydrogen) atoms. The molecule has 4 rings (SSSR count). The first kappa shape index (κ1) is 23.2. The molecule has 2 aromatic carbocycles. The Morgan fingerprint density at radius 3 is 2.66 bits per heavy atom. The molecule has 1 unspecified atom stereocenters. The molecule has 7 nitrogen and oxygen atoms in total. The first-order valence-electron chi connectivity index (χ1n) is 9.84. The molecule has 0 saturated carbocycles. The molecular formula is C22H21IN2O5S2. The van der Waals surface area contributed by atoms with Crippen LogP contribution in [0.2, 0.25) is 0 Å². The monoisotopic (exact) mass is 584 g/mol. The van der Waals surface area contributed by atoms with E-state index in [2.05, 4.69) is 27.9 Å². The number of aliphatic carboxylic acids is 1. The largest absolute Gasteiger partial charge is 0.497 e. The second-order valence-electron chi connectivity index (χ2n) is 7.57. The van der Waals surface area contributed by atoms with Crippen LogP contribution in [0.3, 0.4) is 0 Å². The summed E-state index contributed by atoms with van der Waals surface area (Å²) in [5.74, 6) is -0.358. The minimum Gasteiger partial charge on any atom is -0.497 e. The highest BCUT2D eigenvalue weighted by atomic mass is 127. The van der Waals surface area contributed by atoms with Crippen molar-refractivity contribution >= 4 is 63.9 Å². The van der Waals surface area contributed by atoms with Crippen LogP contribution in [0, 0.1) is 3.57 Å². The number of thioether (sulfide) groups is 2. The number of hydrogen-bond donors (Lipinski definition) is 2. The van der Waals surface area contributed by atoms with E-state index >= 15 is 0 Å². The van der Waals surface area contributed by atoms with Crippen molar-refractivity contribution in [3.05, 3.63) is 57.7 Å². The van der Waals surface area contributed by atoms with Gasteiger partial charge in [-0.05, 0) is 52.4 Å². The van der Waals surface area contributed by atoms with Crippen LogP contribution in [0.1, 0.15) is 5.56 Å². The third kappa shape index (κ3) is 4.58. The molecule has 2 aromatic rings. The number of carbonyl (C=O) groups excluding carboxylic acids is 2. The van der Waals surface area contributed by atoms with Crippen molar-refractivity contribution in [3.8, 4) is 5.75 Å². The number of carboxylic acid groups (broad SMARTS) is 1. The van der Waals surface area contributed by atoms with E-state index in [-0.39, 0.29) is 30.2 Å². The van der Waals surface area contributed by atoms with Crippen LogP contribution in [0.4, 0.5) is 0 Å². The van der Waals surface area contributed by atoms with E-state index < -0.39 is 16.8 Å². The molecule has 2 fully saturated rings. The molecule has 2 aliphatic rings. The SMILES string of the molecule is COc1ccc(CC(=O)N[C@@H]2C(=O)N3CC(Sc4ccccc4I)(C(=O)O)CS[C@H]23)cc1. The maximum Gasteiger partial charge on any atom is 0.322 e. The number of hydrogen-bond acceptors (Lipinski definition) is 6. The molecule has 0 bridgehead atoms. The van der Waals surface area contributed by atoms with Crippen molar-refractivity contribution in [3.63, 3.8) is 0 Å². The van der Waals surface area contributed by atoms with Gasteiger partial charge in [0.25, 0.3) is 0 Å². The van der Waals surface area contributed by atoms with Gasteiger partial charge in [0.2, 0.25) is 11.8 Å². The van der Waals surface area contributed by atoms with Gasteiger partial charge in [-0.15, -0.1) is 23.5 Å². The maximum atomic E-state index is 12.8. The van der Waals surface area contributed by atoms with Gasteiger partial charge in [0.15, 0.2) is 0 Å². The Balaban J connectivity index is 1.40. The fourth-order valence-electron chi connectivity index (χ4n) is 3.68. The number of carbonyl (C=O) groups is 3. The van der Waals surface area contributed by atoms with Crippen molar-refractivity contribution in [2.24, 2.45) is 0 Å². The molecule has 2 N–H and O–H groups in total. The van der Waals surface area contributed by atoms with Gasteiger partial charge < -0.3 is 20.1 Å². The van der Waals surface area contributed by atoms with E-state index in [4.69, 9.17) is 4.74 Å². The van der Waals surface area contributed by atoms with Gasteiger partial charge in [0, 0.05) is 20.8 Å². The molecule has 2 amide bonds. The molecule has 0 radical (unpaired) electrons. The fourth-order valence-corrected chi connectivity index (χ4v) is 7.25. The van der Waals surface area contributed by atoms with Crippen LogP contribution in [0.5, 0.6) is 5.75 Å². The quantitative estimate of drug-likeness (QED) is 0.382. The van der Waals surface area contributed by atoms with Crippen molar-refractivity contribution in [2.75, 3.05) is 19.4 Å². The van der Waals surface area contributed by atoms with E-state index in [0.29, 0.717) is 11.5 Å². The minimum absolute atomic E-state index is 0.110. The summed E-state index contributed by atoms with van der Waals surface area (Å²) in [5.41, 5.74) is 0.821. The van der Waals surface area contributed by atoms with E-state index in [0.717, 1.165) is 14.0 Å². The zero-order chi connectivity index (χ0) is 22.9. The lowest BCUT2D eigenvalue weighted by atomic mass is 10.0. The van der Waals surface area contributed by atoms with E-state index in [1.807, 2.05) is 36.4 Å². The number of nitrogens with zero attached hydrogens (tertiary/aromatic N) is 1. The van der Waals surface area contributed by atoms with Crippen molar-refractivity contribution in [1.82, 2.24) is 10.2 Å². The van der Waals surface area contributed by atoms with E-state index in [9.17, 15) is 19.5 Å². The topological polar surface area (TPSA) is 95.9 Å². The Hall–Kier alpha value is -1.92. The first-order chi connectivity index (χ1) is 15.3. The number of β-lactam (4-membered cyclic amide) rings is 1. The van der Waals surface area contributed by atoms with Crippen LogP contribution in [-0.2, 0) is 20.8 Å². The highest BCUT2D eigenvalue weighted by Gasteiger charge is 2.58. The Kier molecular flexibility index (Phi) is 6.91. The van der Waals surface area contributed by atoms with Gasteiger partial charge in [-0.25, -0.2) is 0 Å². The number of fused-ring (bicyclic) bond motifs is 1. The molecule has 0 spiro atoms. The Labute approximate surface area is 207 Å². The molecule has 0 aromatic heterocycles. The number of halogens is 1. The van der Waals surface area contributed by atoms with Gasteiger partial charge in [-0.1, -0.05) is 24.3 Å². The normalized spacial score (nSPS) is 24.3. The lowest BCUT2D eigenvalue weighted by Crippen LogP contribution is -2.74. The lowest BCUT2D eigenvalue weighted by molar-refractivity contribution is -0.152. The lowest BCUT2D eigenvalue weighted by Gasteiger charge is -2.53. The van der Waals surface area contributed by atoms with Gasteiger partial charge in [0.05, 0.1) is 13.5 Å². The second kappa shape index (κ2) is 9.52. The van der Waals surface area contributed by atoms with Gasteiger partial charge in [-0.2, -0.15) is 0 Å². The Bertz CT molecular complexity index is 1050. The zero-order valence-corrected chi connectivity index (χ0v) is 20.9. The first-order valence-corrected chi connectivity index (χ1v) is 12.8. The molecule has 0 aliphatic carbocycles. The van der Waals surface area contributed by atoms with Crippen LogP contribution in [0.25, 0.3) is 0 Å². The second-order valence-corrected chi connectivity index (χ2v) is 11.3. The van der Waals surface area contributed by atoms with Crippen LogP contribution >= 0.6 is 46.1 Å². The minimum atomic E-state index is -1.13. The predicted molar refractivity (Wildman–Crippen MR) is 132 cm³/mol. The summed E-state index contributed by atoms with van der Waals surface area (Å²) in [4.78, 5) is 39.9. The third-order valence-corrected chi connectivity index (χ3v) is 9.86. The summed E-state index contributed by atoms with van der Waals surface area (Å²) in [5, 5.41) is 12.6. The number of nitrogens with one attached hydrogen (secondary N) is 1. The smallest absolute Gasteiger partial charge is 0.322 e.